The van der Waals surface area contributed by atoms with Crippen molar-refractivity contribution in [3.8, 4) is 0 Å². The molecule has 1 aliphatic rings. The maximum Gasteiger partial charge on any atom is 0.170 e. The summed E-state index contributed by atoms with van der Waals surface area (Å²) in [4.78, 5) is 1.29. The first kappa shape index (κ1) is 21.2. The molecule has 1 fully saturated rings. The summed E-state index contributed by atoms with van der Waals surface area (Å²) in [6.45, 7) is 1.65. The van der Waals surface area contributed by atoms with Gasteiger partial charge < -0.3 is 15.4 Å². The Kier molecular flexibility index (Phi) is 9.14. The van der Waals surface area contributed by atoms with Crippen LogP contribution >= 0.6 is 24.0 Å². The summed E-state index contributed by atoms with van der Waals surface area (Å²) in [5.41, 5.74) is 2.32. The normalized spacial score (nSPS) is 14.6. The molecule has 2 aromatic carbocycles. The van der Waals surface area contributed by atoms with Gasteiger partial charge in [0.2, 0.25) is 0 Å². The van der Waals surface area contributed by atoms with Gasteiger partial charge in [-0.2, -0.15) is 0 Å². The summed E-state index contributed by atoms with van der Waals surface area (Å²) >= 11 is 7.24. The Morgan fingerprint density at radius 1 is 1.00 bits per heavy atom. The van der Waals surface area contributed by atoms with Gasteiger partial charge in [0.15, 0.2) is 5.11 Å². The molecule has 0 atom stereocenters. The summed E-state index contributed by atoms with van der Waals surface area (Å²) in [6.07, 6.45) is 7.93. The number of thioether (sulfide) groups is 1. The fraction of sp³-hybridized carbons (Fsp3) is 0.435. The largest absolute Gasteiger partial charge is 0.378 e. The molecule has 2 aromatic rings. The van der Waals surface area contributed by atoms with E-state index in [0.29, 0.717) is 11.2 Å². The van der Waals surface area contributed by atoms with Gasteiger partial charge in [-0.3, -0.25) is 0 Å². The molecule has 0 unspecified atom stereocenters. The molecule has 0 spiro atoms. The number of hydrogen-bond acceptors (Lipinski definition) is 3. The van der Waals surface area contributed by atoms with Crippen LogP contribution in [-0.4, -0.2) is 24.4 Å². The standard InChI is InChI=1S/C23H30N2OS2/c27-23(24-16-7-17-26-21-8-3-1-4-9-21)25-20-14-12-19(13-15-20)18-28-22-10-5-2-6-11-22/h2,5-6,10-15,21H,1,3-4,7-9,16-18H2,(H2,24,25,27). The third-order valence-corrected chi connectivity index (χ3v) is 6.20. The molecular formula is C23H30N2OS2. The Hall–Kier alpha value is -1.56. The highest BCUT2D eigenvalue weighted by atomic mass is 32.2. The van der Waals surface area contributed by atoms with Crippen LogP contribution in [0.4, 0.5) is 5.69 Å². The number of benzene rings is 2. The van der Waals surface area contributed by atoms with Crippen LogP contribution in [-0.2, 0) is 10.5 Å². The van der Waals surface area contributed by atoms with Crippen LogP contribution in [0.2, 0.25) is 0 Å². The van der Waals surface area contributed by atoms with Gasteiger partial charge in [0.05, 0.1) is 6.10 Å². The summed E-state index contributed by atoms with van der Waals surface area (Å²) in [5.74, 6) is 0.966. The first-order chi connectivity index (χ1) is 13.8. The van der Waals surface area contributed by atoms with Crippen LogP contribution in [0, 0.1) is 0 Å². The van der Waals surface area contributed by atoms with Crippen LogP contribution in [0.15, 0.2) is 59.5 Å². The zero-order chi connectivity index (χ0) is 19.4. The minimum atomic E-state index is 0.484. The number of nitrogens with one attached hydrogen (secondary N) is 2. The van der Waals surface area contributed by atoms with Crippen LogP contribution in [0.25, 0.3) is 0 Å². The minimum absolute atomic E-state index is 0.484. The highest BCUT2D eigenvalue weighted by Gasteiger charge is 2.12. The van der Waals surface area contributed by atoms with E-state index in [0.717, 1.165) is 31.0 Å². The molecule has 0 heterocycles. The zero-order valence-corrected chi connectivity index (χ0v) is 18.0. The quantitative estimate of drug-likeness (QED) is 0.298. The summed E-state index contributed by atoms with van der Waals surface area (Å²) in [7, 11) is 0. The van der Waals surface area contributed by atoms with Crippen LogP contribution in [0.3, 0.4) is 0 Å². The highest BCUT2D eigenvalue weighted by molar-refractivity contribution is 7.98. The Bertz CT molecular complexity index is 700. The molecule has 3 rings (SSSR count). The van der Waals surface area contributed by atoms with Crippen LogP contribution in [0.5, 0.6) is 0 Å². The highest BCUT2D eigenvalue weighted by Crippen LogP contribution is 2.23. The molecule has 0 bridgehead atoms. The summed E-state index contributed by atoms with van der Waals surface area (Å²) in [5, 5.41) is 7.19. The van der Waals surface area contributed by atoms with Crippen molar-refractivity contribution in [1.29, 1.82) is 0 Å². The van der Waals surface area contributed by atoms with Crippen molar-refractivity contribution in [2.75, 3.05) is 18.5 Å². The Balaban J connectivity index is 1.29. The predicted molar refractivity (Wildman–Crippen MR) is 124 cm³/mol. The molecule has 0 aromatic heterocycles. The lowest BCUT2D eigenvalue weighted by Crippen LogP contribution is -2.30. The molecule has 1 aliphatic carbocycles. The lowest BCUT2D eigenvalue weighted by Gasteiger charge is -2.22. The first-order valence-electron chi connectivity index (χ1n) is 10.2. The van der Waals surface area contributed by atoms with E-state index in [4.69, 9.17) is 17.0 Å². The molecule has 2 N–H and O–H groups in total. The monoisotopic (exact) mass is 414 g/mol. The lowest BCUT2D eigenvalue weighted by atomic mass is 9.98. The summed E-state index contributed by atoms with van der Waals surface area (Å²) < 4.78 is 5.95. The third-order valence-electron chi connectivity index (χ3n) is 4.87. The van der Waals surface area contributed by atoms with E-state index < -0.39 is 0 Å². The van der Waals surface area contributed by atoms with Gasteiger partial charge in [-0.25, -0.2) is 0 Å². The SMILES string of the molecule is S=C(NCCCOC1CCCCC1)Nc1ccc(CSc2ccccc2)cc1. The maximum atomic E-state index is 5.95. The molecule has 28 heavy (non-hydrogen) atoms. The van der Waals surface area contributed by atoms with E-state index in [9.17, 15) is 0 Å². The molecule has 0 amide bonds. The van der Waals surface area contributed by atoms with Gasteiger partial charge in [0.1, 0.15) is 0 Å². The first-order valence-corrected chi connectivity index (χ1v) is 11.6. The number of ether oxygens (including phenoxy) is 1. The Morgan fingerprint density at radius 2 is 1.75 bits per heavy atom. The van der Waals surface area contributed by atoms with Gasteiger partial charge >= 0.3 is 0 Å². The maximum absolute atomic E-state index is 5.95. The molecule has 150 valence electrons. The van der Waals surface area contributed by atoms with Gasteiger partial charge in [-0.05, 0) is 61.3 Å². The smallest absolute Gasteiger partial charge is 0.170 e. The fourth-order valence-corrected chi connectivity index (χ4v) is 4.39. The predicted octanol–water partition coefficient (Wildman–Crippen LogP) is 6.00. The molecule has 5 heteroatoms. The van der Waals surface area contributed by atoms with E-state index >= 15 is 0 Å². The van der Waals surface area contributed by atoms with Crippen molar-refractivity contribution in [1.82, 2.24) is 5.32 Å². The molecule has 0 aliphatic heterocycles. The van der Waals surface area contributed by atoms with Gasteiger partial charge in [0, 0.05) is 29.5 Å². The topological polar surface area (TPSA) is 33.3 Å². The van der Waals surface area contributed by atoms with Crippen LogP contribution in [0.1, 0.15) is 44.1 Å². The number of thiocarbonyl (C=S) groups is 1. The Morgan fingerprint density at radius 3 is 2.50 bits per heavy atom. The molecule has 0 radical (unpaired) electrons. The van der Waals surface area contributed by atoms with E-state index in [1.165, 1.54) is 42.6 Å². The van der Waals surface area contributed by atoms with E-state index in [-0.39, 0.29) is 0 Å². The fourth-order valence-electron chi connectivity index (χ4n) is 3.30. The molecule has 0 saturated heterocycles. The second-order valence-corrected chi connectivity index (χ2v) is 8.62. The van der Waals surface area contributed by atoms with Crippen molar-refractivity contribution < 1.29 is 4.74 Å². The average Bonchev–Trinajstić information content (AvgIpc) is 2.74. The summed E-state index contributed by atoms with van der Waals surface area (Å²) in [6, 6.07) is 19.0. The molecule has 1 saturated carbocycles. The second kappa shape index (κ2) is 12.1. The number of rotatable bonds is 9. The van der Waals surface area contributed by atoms with E-state index in [1.54, 1.807) is 0 Å². The minimum Gasteiger partial charge on any atom is -0.378 e. The van der Waals surface area contributed by atoms with Gasteiger partial charge in [0.25, 0.3) is 0 Å². The number of hydrogen-bond donors (Lipinski definition) is 2. The van der Waals surface area contributed by atoms with Crippen molar-refractivity contribution >= 4 is 34.8 Å². The van der Waals surface area contributed by atoms with E-state index in [2.05, 4.69) is 59.2 Å². The van der Waals surface area contributed by atoms with E-state index in [1.807, 2.05) is 17.8 Å². The molecular weight excluding hydrogens is 384 g/mol. The number of anilines is 1. The average molecular weight is 415 g/mol. The molecule has 3 nitrogen and oxygen atoms in total. The van der Waals surface area contributed by atoms with Gasteiger partial charge in [-0.1, -0.05) is 49.6 Å². The van der Waals surface area contributed by atoms with Crippen molar-refractivity contribution in [3.63, 3.8) is 0 Å². The lowest BCUT2D eigenvalue weighted by molar-refractivity contribution is 0.0277. The van der Waals surface area contributed by atoms with Crippen LogP contribution < -0.4 is 10.6 Å². The third kappa shape index (κ3) is 7.82. The van der Waals surface area contributed by atoms with Crippen molar-refractivity contribution in [3.05, 3.63) is 60.2 Å². The Labute approximate surface area is 178 Å². The van der Waals surface area contributed by atoms with Crippen molar-refractivity contribution in [2.45, 2.75) is 55.3 Å². The van der Waals surface area contributed by atoms with Gasteiger partial charge in [-0.15, -0.1) is 11.8 Å². The van der Waals surface area contributed by atoms with Crippen molar-refractivity contribution in [2.24, 2.45) is 0 Å². The second-order valence-electron chi connectivity index (χ2n) is 7.16. The zero-order valence-electron chi connectivity index (χ0n) is 16.4.